The molecule has 2 atom stereocenters. The lowest BCUT2D eigenvalue weighted by Gasteiger charge is -2.28. The molecule has 0 radical (unpaired) electrons. The number of nitrogens with zero attached hydrogens (tertiary/aromatic N) is 3. The molecule has 3 aliphatic rings. The molecular formula is C51H63N3O2S. The average Bonchev–Trinajstić information content (AvgIpc) is 3.93. The van der Waals surface area contributed by atoms with Crippen molar-refractivity contribution in [3.05, 3.63) is 115 Å². The smallest absolute Gasteiger partial charge is 0.158 e. The molecule has 2 aliphatic heterocycles. The number of unbranched alkanes of at least 4 members (excludes halogenated alkanes) is 6. The summed E-state index contributed by atoms with van der Waals surface area (Å²) >= 11 is 1.87. The Morgan fingerprint density at radius 2 is 1.44 bits per heavy atom. The molecule has 300 valence electrons. The number of benzene rings is 2. The lowest BCUT2D eigenvalue weighted by Crippen LogP contribution is -2.23. The van der Waals surface area contributed by atoms with Crippen LogP contribution in [0.25, 0.3) is 18.2 Å². The zero-order chi connectivity index (χ0) is 40.2. The van der Waals surface area contributed by atoms with Crippen molar-refractivity contribution in [1.29, 1.82) is 10.5 Å². The molecule has 5 nitrogen and oxygen atoms in total. The summed E-state index contributed by atoms with van der Waals surface area (Å²) in [4.78, 5) is 4.84. The highest BCUT2D eigenvalue weighted by Gasteiger charge is 2.43. The fraction of sp³-hybridized carbons (Fsp3) is 0.490. The lowest BCUT2D eigenvalue weighted by molar-refractivity contribution is 0.0750. The molecule has 57 heavy (non-hydrogen) atoms. The van der Waals surface area contributed by atoms with Crippen LogP contribution in [0.4, 0.5) is 5.69 Å². The predicted octanol–water partition coefficient (Wildman–Crippen LogP) is 13.6. The topological polar surface area (TPSA) is 72.6 Å². The highest BCUT2D eigenvalue weighted by atomic mass is 32.1. The van der Waals surface area contributed by atoms with E-state index in [2.05, 4.69) is 118 Å². The van der Waals surface area contributed by atoms with E-state index in [1.807, 2.05) is 11.3 Å². The fourth-order valence-electron chi connectivity index (χ4n) is 8.63. The van der Waals surface area contributed by atoms with Crippen molar-refractivity contribution < 1.29 is 9.47 Å². The Labute approximate surface area is 347 Å². The first kappa shape index (κ1) is 42.3. The second-order valence-electron chi connectivity index (χ2n) is 16.6. The van der Waals surface area contributed by atoms with Crippen molar-refractivity contribution in [2.24, 2.45) is 0 Å². The molecule has 1 aromatic heterocycles. The van der Waals surface area contributed by atoms with E-state index in [1.54, 1.807) is 6.92 Å². The quantitative estimate of drug-likeness (QED) is 0.0688. The van der Waals surface area contributed by atoms with Gasteiger partial charge >= 0.3 is 0 Å². The molecule has 0 amide bonds. The first-order chi connectivity index (χ1) is 27.8. The first-order valence-electron chi connectivity index (χ1n) is 21.8. The van der Waals surface area contributed by atoms with Gasteiger partial charge < -0.3 is 14.4 Å². The van der Waals surface area contributed by atoms with E-state index in [0.717, 1.165) is 43.6 Å². The Balaban J connectivity index is 1.38. The van der Waals surface area contributed by atoms with E-state index < -0.39 is 5.60 Å². The van der Waals surface area contributed by atoms with Crippen LogP contribution in [0.1, 0.15) is 155 Å². The minimum atomic E-state index is -0.906. The van der Waals surface area contributed by atoms with Gasteiger partial charge in [0.1, 0.15) is 11.6 Å². The molecule has 1 saturated heterocycles. The van der Waals surface area contributed by atoms with Gasteiger partial charge in [0.2, 0.25) is 0 Å². The Morgan fingerprint density at radius 1 is 0.825 bits per heavy atom. The first-order valence-corrected chi connectivity index (χ1v) is 22.6. The van der Waals surface area contributed by atoms with Crippen LogP contribution in [0.2, 0.25) is 0 Å². The van der Waals surface area contributed by atoms with Gasteiger partial charge in [0.25, 0.3) is 0 Å². The van der Waals surface area contributed by atoms with Crippen molar-refractivity contribution in [1.82, 2.24) is 0 Å². The molecule has 3 aromatic rings. The van der Waals surface area contributed by atoms with Gasteiger partial charge in [0, 0.05) is 34.6 Å². The second-order valence-corrected chi connectivity index (χ2v) is 17.6. The molecule has 2 aromatic carbocycles. The van der Waals surface area contributed by atoms with E-state index in [9.17, 15) is 10.5 Å². The van der Waals surface area contributed by atoms with E-state index in [0.29, 0.717) is 28.9 Å². The summed E-state index contributed by atoms with van der Waals surface area (Å²) in [5, 5.41) is 20.6. The van der Waals surface area contributed by atoms with Crippen LogP contribution in [0.5, 0.6) is 0 Å². The van der Waals surface area contributed by atoms with Crippen molar-refractivity contribution in [3.8, 4) is 12.1 Å². The van der Waals surface area contributed by atoms with Gasteiger partial charge in [-0.05, 0) is 110 Å². The number of hydrogen-bond acceptors (Lipinski definition) is 6. The van der Waals surface area contributed by atoms with Crippen molar-refractivity contribution in [3.63, 3.8) is 0 Å². The molecule has 1 saturated carbocycles. The number of anilines is 1. The van der Waals surface area contributed by atoms with E-state index in [1.165, 1.54) is 115 Å². The highest BCUT2D eigenvalue weighted by Crippen LogP contribution is 2.48. The molecule has 1 aliphatic carbocycles. The predicted molar refractivity (Wildman–Crippen MR) is 239 cm³/mol. The highest BCUT2D eigenvalue weighted by molar-refractivity contribution is 7.14. The average molecular weight is 782 g/mol. The van der Waals surface area contributed by atoms with Gasteiger partial charge in [-0.25, -0.2) is 0 Å². The number of likely N-dealkylation sites (N-methyl/N-ethyl adjacent to an activating group) is 1. The lowest BCUT2D eigenvalue weighted by atomic mass is 9.81. The van der Waals surface area contributed by atoms with Crippen LogP contribution >= 0.6 is 11.3 Å². The molecule has 6 rings (SSSR count). The Hall–Kier alpha value is -4.36. The summed E-state index contributed by atoms with van der Waals surface area (Å²) in [6, 6.07) is 22.5. The zero-order valence-corrected chi connectivity index (χ0v) is 36.0. The number of thiophene rings is 1. The van der Waals surface area contributed by atoms with Crippen LogP contribution in [-0.2, 0) is 27.9 Å². The van der Waals surface area contributed by atoms with Gasteiger partial charge in [-0.1, -0.05) is 120 Å². The van der Waals surface area contributed by atoms with Gasteiger partial charge in [0.15, 0.2) is 11.4 Å². The molecular weight excluding hydrogens is 719 g/mol. The minimum absolute atomic E-state index is 0.360. The molecule has 2 unspecified atom stereocenters. The van der Waals surface area contributed by atoms with Gasteiger partial charge in [-0.3, -0.25) is 0 Å². The summed E-state index contributed by atoms with van der Waals surface area (Å²) < 4.78 is 12.2. The van der Waals surface area contributed by atoms with Crippen molar-refractivity contribution >= 4 is 35.3 Å². The minimum Gasteiger partial charge on any atom is -0.476 e. The SMILES string of the molecule is CCCCCCc1c(/C=C/C2=C(C#N)C(=C(/C)C#N)/OC2(C)c2ccc(C3CCCCC3)cc2)sc(/C=C/c2ccc(N(C)CC3CO3)cc2)c1CCCCCC. The number of allylic oxidation sites excluding steroid dienone is 2. The second kappa shape index (κ2) is 20.4. The maximum atomic E-state index is 10.6. The maximum Gasteiger partial charge on any atom is 0.158 e. The summed E-state index contributed by atoms with van der Waals surface area (Å²) in [7, 11) is 2.13. The molecule has 0 N–H and O–H groups in total. The Morgan fingerprint density at radius 3 is 2.00 bits per heavy atom. The zero-order valence-electron chi connectivity index (χ0n) is 35.2. The molecule has 6 heteroatoms. The number of epoxide rings is 1. The van der Waals surface area contributed by atoms with Crippen LogP contribution in [0.15, 0.2) is 77.1 Å². The number of hydrogen-bond donors (Lipinski definition) is 0. The third kappa shape index (κ3) is 10.6. The van der Waals surface area contributed by atoms with Crippen molar-refractivity contribution in [2.75, 3.05) is 25.1 Å². The summed E-state index contributed by atoms with van der Waals surface area (Å²) in [5.74, 6) is 0.997. The van der Waals surface area contributed by atoms with Crippen LogP contribution in [0, 0.1) is 22.7 Å². The standard InChI is InChI=1S/C51H63N3O2S/c1-6-8-10-15-19-44-45(20-16-11-9-7-2)49(57-48(44)31-23-38-21-28-42(29-22-38)54(5)35-43-36-55-43)32-30-47-46(34-53)50(37(3)33-52)56-51(47,4)41-26-24-40(25-27-41)39-17-13-12-14-18-39/h21-32,39,43H,6-20,35-36H2,1-5H3/b31-23+,32-30+,50-37+. The molecule has 3 heterocycles. The molecule has 0 spiro atoms. The van der Waals surface area contributed by atoms with Crippen LogP contribution in [-0.4, -0.2) is 26.3 Å². The Kier molecular flexibility index (Phi) is 15.1. The monoisotopic (exact) mass is 781 g/mol. The van der Waals surface area contributed by atoms with Gasteiger partial charge in [0.05, 0.1) is 24.4 Å². The summed E-state index contributed by atoms with van der Waals surface area (Å²) in [6.45, 7) is 10.1. The summed E-state index contributed by atoms with van der Waals surface area (Å²) in [6.07, 6.45) is 27.6. The van der Waals surface area contributed by atoms with Crippen molar-refractivity contribution in [2.45, 2.75) is 142 Å². The third-order valence-corrected chi connectivity index (χ3v) is 13.5. The van der Waals surface area contributed by atoms with Gasteiger partial charge in [-0.2, -0.15) is 10.5 Å². The normalized spacial score (nSPS) is 20.6. The summed E-state index contributed by atoms with van der Waals surface area (Å²) in [5.41, 5.74) is 8.47. The maximum absolute atomic E-state index is 10.6. The number of ether oxygens (including phenoxy) is 2. The fourth-order valence-corrected chi connectivity index (χ4v) is 9.84. The Bertz CT molecular complexity index is 2010. The van der Waals surface area contributed by atoms with E-state index in [-0.39, 0.29) is 0 Å². The molecule has 2 fully saturated rings. The largest absolute Gasteiger partial charge is 0.476 e. The van der Waals surface area contributed by atoms with E-state index >= 15 is 0 Å². The third-order valence-electron chi connectivity index (χ3n) is 12.3. The number of rotatable bonds is 19. The van der Waals surface area contributed by atoms with Crippen LogP contribution < -0.4 is 4.90 Å². The molecule has 0 bridgehead atoms. The van der Waals surface area contributed by atoms with E-state index in [4.69, 9.17) is 9.47 Å². The number of nitriles is 2. The van der Waals surface area contributed by atoms with Gasteiger partial charge in [-0.15, -0.1) is 11.3 Å². The van der Waals surface area contributed by atoms with Crippen LogP contribution in [0.3, 0.4) is 0 Å².